The molecule has 1 aliphatic rings. The first-order valence-electron chi connectivity index (χ1n) is 7.65. The molecule has 0 saturated heterocycles. The standard InChI is InChI=1S/C17H18N2O5S/c1-11(13-5-8-15-16(9-13)24-10-23-15)19-17(20)12-3-6-14(7-4-12)25(21,22)18-2/h3-9,11,18H,10H2,1-2H3,(H,19,20). The molecule has 8 heteroatoms. The lowest BCUT2D eigenvalue weighted by Crippen LogP contribution is -2.26. The van der Waals surface area contributed by atoms with E-state index in [4.69, 9.17) is 9.47 Å². The van der Waals surface area contributed by atoms with E-state index in [1.54, 1.807) is 6.07 Å². The van der Waals surface area contributed by atoms with Crippen LogP contribution in [0.5, 0.6) is 11.5 Å². The van der Waals surface area contributed by atoms with Gasteiger partial charge in [-0.25, -0.2) is 13.1 Å². The second kappa shape index (κ2) is 6.73. The van der Waals surface area contributed by atoms with Gasteiger partial charge >= 0.3 is 0 Å². The van der Waals surface area contributed by atoms with E-state index in [0.29, 0.717) is 17.1 Å². The Kier molecular flexibility index (Phi) is 4.65. The molecule has 1 amide bonds. The fourth-order valence-corrected chi connectivity index (χ4v) is 3.18. The van der Waals surface area contributed by atoms with Gasteiger partial charge in [0.1, 0.15) is 0 Å². The Bertz CT molecular complexity index is 894. The van der Waals surface area contributed by atoms with Crippen molar-refractivity contribution in [2.24, 2.45) is 0 Å². The van der Waals surface area contributed by atoms with E-state index in [9.17, 15) is 13.2 Å². The quantitative estimate of drug-likeness (QED) is 0.846. The molecule has 0 aromatic heterocycles. The number of hydrogen-bond donors (Lipinski definition) is 2. The van der Waals surface area contributed by atoms with Gasteiger partial charge in [-0.05, 0) is 55.9 Å². The largest absolute Gasteiger partial charge is 0.454 e. The number of amides is 1. The van der Waals surface area contributed by atoms with Crippen LogP contribution >= 0.6 is 0 Å². The van der Waals surface area contributed by atoms with Crippen LogP contribution < -0.4 is 19.5 Å². The van der Waals surface area contributed by atoms with Gasteiger partial charge in [0.05, 0.1) is 10.9 Å². The van der Waals surface area contributed by atoms with E-state index in [1.807, 2.05) is 19.1 Å². The summed E-state index contributed by atoms with van der Waals surface area (Å²) in [5, 5.41) is 2.88. The van der Waals surface area contributed by atoms with Crippen LogP contribution in [0.3, 0.4) is 0 Å². The van der Waals surface area contributed by atoms with Crippen molar-refractivity contribution in [1.82, 2.24) is 10.0 Å². The van der Waals surface area contributed by atoms with Gasteiger partial charge in [0.15, 0.2) is 11.5 Å². The van der Waals surface area contributed by atoms with E-state index in [0.717, 1.165) is 5.56 Å². The highest BCUT2D eigenvalue weighted by molar-refractivity contribution is 7.89. The summed E-state index contributed by atoms with van der Waals surface area (Å²) in [7, 11) is -2.18. The van der Waals surface area contributed by atoms with Gasteiger partial charge in [0, 0.05) is 5.56 Å². The lowest BCUT2D eigenvalue weighted by atomic mass is 10.1. The summed E-state index contributed by atoms with van der Waals surface area (Å²) in [6, 6.07) is 11.0. The van der Waals surface area contributed by atoms with E-state index >= 15 is 0 Å². The summed E-state index contributed by atoms with van der Waals surface area (Å²) in [5.41, 5.74) is 1.26. The number of ether oxygens (including phenoxy) is 2. The van der Waals surface area contributed by atoms with Crippen molar-refractivity contribution in [1.29, 1.82) is 0 Å². The third kappa shape index (κ3) is 3.59. The molecule has 1 aliphatic heterocycles. The zero-order chi connectivity index (χ0) is 18.0. The maximum absolute atomic E-state index is 12.4. The molecule has 0 aliphatic carbocycles. The lowest BCUT2D eigenvalue weighted by molar-refractivity contribution is 0.0939. The fraction of sp³-hybridized carbons (Fsp3) is 0.235. The average molecular weight is 362 g/mol. The molecular formula is C17H18N2O5S. The van der Waals surface area contributed by atoms with Crippen LogP contribution in [0.1, 0.15) is 28.9 Å². The summed E-state index contributed by atoms with van der Waals surface area (Å²) < 4.78 is 36.2. The van der Waals surface area contributed by atoms with Gasteiger partial charge in [-0.3, -0.25) is 4.79 Å². The molecule has 132 valence electrons. The SMILES string of the molecule is CNS(=O)(=O)c1ccc(C(=O)NC(C)c2ccc3c(c2)OCO3)cc1. The molecule has 25 heavy (non-hydrogen) atoms. The predicted molar refractivity (Wildman–Crippen MR) is 91.1 cm³/mol. The van der Waals surface area contributed by atoms with Crippen LogP contribution in [0.25, 0.3) is 0 Å². The minimum absolute atomic E-state index is 0.107. The van der Waals surface area contributed by atoms with Gasteiger partial charge in [-0.15, -0.1) is 0 Å². The molecule has 0 bridgehead atoms. The lowest BCUT2D eigenvalue weighted by Gasteiger charge is -2.15. The molecule has 1 unspecified atom stereocenters. The van der Waals surface area contributed by atoms with Gasteiger partial charge in [-0.1, -0.05) is 6.07 Å². The maximum Gasteiger partial charge on any atom is 0.251 e. The van der Waals surface area contributed by atoms with E-state index in [2.05, 4.69) is 10.0 Å². The third-order valence-corrected chi connectivity index (χ3v) is 5.37. The van der Waals surface area contributed by atoms with Crippen LogP contribution in [0.4, 0.5) is 0 Å². The second-order valence-electron chi connectivity index (χ2n) is 5.54. The van der Waals surface area contributed by atoms with Crippen LogP contribution in [0, 0.1) is 0 Å². The summed E-state index contributed by atoms with van der Waals surface area (Å²) in [4.78, 5) is 12.5. The van der Waals surface area contributed by atoms with Gasteiger partial charge < -0.3 is 14.8 Å². The highest BCUT2D eigenvalue weighted by Gasteiger charge is 2.18. The molecule has 0 saturated carbocycles. The number of rotatable bonds is 5. The third-order valence-electron chi connectivity index (χ3n) is 3.94. The first-order chi connectivity index (χ1) is 11.9. The van der Waals surface area contributed by atoms with Crippen molar-refractivity contribution in [3.05, 3.63) is 53.6 Å². The Morgan fingerprint density at radius 3 is 2.44 bits per heavy atom. The maximum atomic E-state index is 12.4. The number of carbonyl (C=O) groups excluding carboxylic acids is 1. The Morgan fingerprint density at radius 2 is 1.76 bits per heavy atom. The van der Waals surface area contributed by atoms with Crippen molar-refractivity contribution in [3.63, 3.8) is 0 Å². The van der Waals surface area contributed by atoms with Gasteiger partial charge in [0.25, 0.3) is 5.91 Å². The van der Waals surface area contributed by atoms with Crippen molar-refractivity contribution in [3.8, 4) is 11.5 Å². The van der Waals surface area contributed by atoms with Crippen molar-refractivity contribution < 1.29 is 22.7 Å². The number of sulfonamides is 1. The summed E-state index contributed by atoms with van der Waals surface area (Å²) in [6.07, 6.45) is 0. The first-order valence-corrected chi connectivity index (χ1v) is 9.13. The normalized spacial score (nSPS) is 14.2. The number of hydrogen-bond acceptors (Lipinski definition) is 5. The Morgan fingerprint density at radius 1 is 1.08 bits per heavy atom. The minimum atomic E-state index is -3.52. The first kappa shape index (κ1) is 17.2. The fourth-order valence-electron chi connectivity index (χ4n) is 2.45. The smallest absolute Gasteiger partial charge is 0.251 e. The van der Waals surface area contributed by atoms with Gasteiger partial charge in [0.2, 0.25) is 16.8 Å². The molecule has 2 aromatic carbocycles. The Labute approximate surface area is 146 Å². The number of benzene rings is 2. The molecule has 3 rings (SSSR count). The molecule has 0 radical (unpaired) electrons. The highest BCUT2D eigenvalue weighted by Crippen LogP contribution is 2.34. The molecule has 2 N–H and O–H groups in total. The summed E-state index contributed by atoms with van der Waals surface area (Å²) in [5.74, 6) is 1.04. The number of fused-ring (bicyclic) bond motifs is 1. The van der Waals surface area contributed by atoms with Gasteiger partial charge in [-0.2, -0.15) is 0 Å². The van der Waals surface area contributed by atoms with Crippen LogP contribution in [0.15, 0.2) is 47.4 Å². The van der Waals surface area contributed by atoms with E-state index < -0.39 is 10.0 Å². The molecule has 1 atom stereocenters. The number of carbonyl (C=O) groups is 1. The van der Waals surface area contributed by atoms with E-state index in [1.165, 1.54) is 31.3 Å². The van der Waals surface area contributed by atoms with Crippen LogP contribution in [0.2, 0.25) is 0 Å². The summed E-state index contributed by atoms with van der Waals surface area (Å²) in [6.45, 7) is 2.05. The van der Waals surface area contributed by atoms with Crippen LogP contribution in [-0.4, -0.2) is 28.2 Å². The topological polar surface area (TPSA) is 93.7 Å². The number of nitrogens with one attached hydrogen (secondary N) is 2. The molecule has 2 aromatic rings. The average Bonchev–Trinajstić information content (AvgIpc) is 3.09. The Hall–Kier alpha value is -2.58. The summed E-state index contributed by atoms with van der Waals surface area (Å²) >= 11 is 0. The molecule has 0 fully saturated rings. The van der Waals surface area contributed by atoms with Crippen LogP contribution in [-0.2, 0) is 10.0 Å². The predicted octanol–water partition coefficient (Wildman–Crippen LogP) is 1.81. The molecular weight excluding hydrogens is 344 g/mol. The highest BCUT2D eigenvalue weighted by atomic mass is 32.2. The molecule has 7 nitrogen and oxygen atoms in total. The zero-order valence-electron chi connectivity index (χ0n) is 13.8. The molecule has 1 heterocycles. The molecule has 0 spiro atoms. The van der Waals surface area contributed by atoms with Crippen molar-refractivity contribution in [2.45, 2.75) is 17.9 Å². The van der Waals surface area contributed by atoms with Crippen molar-refractivity contribution in [2.75, 3.05) is 13.8 Å². The minimum Gasteiger partial charge on any atom is -0.454 e. The van der Waals surface area contributed by atoms with E-state index in [-0.39, 0.29) is 23.6 Å². The second-order valence-corrected chi connectivity index (χ2v) is 7.43. The monoisotopic (exact) mass is 362 g/mol. The Balaban J connectivity index is 1.71. The zero-order valence-corrected chi connectivity index (χ0v) is 14.6. The van der Waals surface area contributed by atoms with Crippen molar-refractivity contribution >= 4 is 15.9 Å².